The van der Waals surface area contributed by atoms with Crippen molar-refractivity contribution >= 4 is 29.0 Å². The quantitative estimate of drug-likeness (QED) is 0.624. The van der Waals surface area contributed by atoms with Crippen molar-refractivity contribution in [2.75, 3.05) is 24.3 Å². The Morgan fingerprint density at radius 2 is 1.91 bits per heavy atom. The summed E-state index contributed by atoms with van der Waals surface area (Å²) >= 11 is 0. The minimum absolute atomic E-state index is 0.0982. The lowest BCUT2D eigenvalue weighted by molar-refractivity contribution is -0.135. The van der Waals surface area contributed by atoms with Crippen molar-refractivity contribution < 1.29 is 4.79 Å². The van der Waals surface area contributed by atoms with Crippen LogP contribution in [0, 0.1) is 13.8 Å². The molecule has 0 saturated heterocycles. The van der Waals surface area contributed by atoms with Crippen LogP contribution in [0.15, 0.2) is 58.3 Å². The smallest absolute Gasteiger partial charge is 0.220 e. The minimum atomic E-state index is -0.180. The van der Waals surface area contributed by atoms with Crippen LogP contribution in [0.5, 0.6) is 0 Å². The van der Waals surface area contributed by atoms with Gasteiger partial charge in [0, 0.05) is 43.6 Å². The molecular formula is C27H35N7O. The zero-order valence-electron chi connectivity index (χ0n) is 21.4. The highest BCUT2D eigenvalue weighted by atomic mass is 16.2. The Morgan fingerprint density at radius 3 is 2.57 bits per heavy atom. The summed E-state index contributed by atoms with van der Waals surface area (Å²) in [5, 5.41) is 13.2. The highest BCUT2D eigenvalue weighted by Crippen LogP contribution is 2.32. The van der Waals surface area contributed by atoms with Crippen molar-refractivity contribution in [1.29, 1.82) is 0 Å². The average Bonchev–Trinajstić information content (AvgIpc) is 3.09. The molecular weight excluding hydrogens is 438 g/mol. The Morgan fingerprint density at radius 1 is 1.20 bits per heavy atom. The Bertz CT molecular complexity index is 1220. The number of para-hydroxylation sites is 1. The second kappa shape index (κ2) is 9.44. The molecule has 0 atom stereocenters. The lowest BCUT2D eigenvalue weighted by Gasteiger charge is -2.43. The number of fused-ring (bicyclic) bond motifs is 1. The Labute approximate surface area is 207 Å². The highest BCUT2D eigenvalue weighted by molar-refractivity contribution is 6.29. The molecule has 8 nitrogen and oxygen atoms in total. The topological polar surface area (TPSA) is 98.3 Å². The maximum absolute atomic E-state index is 12.2. The van der Waals surface area contributed by atoms with Crippen molar-refractivity contribution in [1.82, 2.24) is 9.91 Å². The van der Waals surface area contributed by atoms with E-state index >= 15 is 0 Å². The second-order valence-corrected chi connectivity index (χ2v) is 9.84. The largest absolute Gasteiger partial charge is 0.404 e. The molecule has 35 heavy (non-hydrogen) atoms. The molecule has 2 aromatic rings. The van der Waals surface area contributed by atoms with Gasteiger partial charge in [-0.1, -0.05) is 24.3 Å². The normalized spacial score (nSPS) is 19.1. The first kappa shape index (κ1) is 24.3. The van der Waals surface area contributed by atoms with Crippen LogP contribution in [0.1, 0.15) is 43.0 Å². The van der Waals surface area contributed by atoms with Gasteiger partial charge in [0.05, 0.1) is 5.57 Å². The molecule has 2 aliphatic rings. The maximum atomic E-state index is 12.2. The number of hydrogen-bond donors (Lipinski definition) is 3. The van der Waals surface area contributed by atoms with Crippen LogP contribution in [0.4, 0.5) is 11.4 Å². The van der Waals surface area contributed by atoms with E-state index in [2.05, 4.69) is 73.8 Å². The summed E-state index contributed by atoms with van der Waals surface area (Å²) in [5.74, 6) is 1.46. The molecule has 0 bridgehead atoms. The molecule has 0 fully saturated rings. The van der Waals surface area contributed by atoms with Crippen LogP contribution < -0.4 is 16.4 Å². The van der Waals surface area contributed by atoms with Gasteiger partial charge in [-0.2, -0.15) is 5.10 Å². The van der Waals surface area contributed by atoms with Crippen LogP contribution in [-0.4, -0.2) is 46.7 Å². The third kappa shape index (κ3) is 4.87. The minimum Gasteiger partial charge on any atom is -0.404 e. The number of aliphatic imine (C=N–C) groups is 1. The monoisotopic (exact) mass is 473 g/mol. The van der Waals surface area contributed by atoms with Gasteiger partial charge in [0.2, 0.25) is 5.91 Å². The molecule has 2 aromatic carbocycles. The van der Waals surface area contributed by atoms with Gasteiger partial charge >= 0.3 is 0 Å². The zero-order valence-corrected chi connectivity index (χ0v) is 21.4. The maximum Gasteiger partial charge on any atom is 0.220 e. The van der Waals surface area contributed by atoms with Gasteiger partial charge in [0.25, 0.3) is 0 Å². The van der Waals surface area contributed by atoms with Crippen molar-refractivity contribution in [3.05, 3.63) is 70.4 Å². The van der Waals surface area contributed by atoms with E-state index in [1.807, 2.05) is 18.0 Å². The van der Waals surface area contributed by atoms with Crippen LogP contribution >= 0.6 is 0 Å². The number of carbonyl (C=O) groups is 1. The predicted octanol–water partition coefficient (Wildman–Crippen LogP) is 3.97. The number of hydrogen-bond acceptors (Lipinski definition) is 6. The summed E-state index contributed by atoms with van der Waals surface area (Å²) in [7, 11) is 1.86. The van der Waals surface area contributed by atoms with E-state index in [1.165, 1.54) is 11.1 Å². The van der Waals surface area contributed by atoms with E-state index in [9.17, 15) is 4.79 Å². The van der Waals surface area contributed by atoms with Crippen LogP contribution in [0.3, 0.4) is 0 Å². The molecule has 184 valence electrons. The van der Waals surface area contributed by atoms with Crippen LogP contribution in [0.25, 0.3) is 0 Å². The first-order valence-corrected chi connectivity index (χ1v) is 11.9. The number of aryl methyl sites for hydroxylation is 2. The number of rotatable bonds is 4. The van der Waals surface area contributed by atoms with Crippen molar-refractivity contribution in [3.63, 3.8) is 0 Å². The molecule has 1 amide bonds. The molecule has 4 rings (SSSR count). The lowest BCUT2D eigenvalue weighted by atomic mass is 9.85. The van der Waals surface area contributed by atoms with Gasteiger partial charge in [0.15, 0.2) is 11.7 Å². The average molecular weight is 474 g/mol. The van der Waals surface area contributed by atoms with Crippen molar-refractivity contribution in [2.24, 2.45) is 15.8 Å². The number of nitrogens with zero attached hydrogens (tertiary/aromatic N) is 4. The van der Waals surface area contributed by atoms with E-state index in [4.69, 9.17) is 10.7 Å². The first-order valence-electron chi connectivity index (χ1n) is 11.9. The van der Waals surface area contributed by atoms with E-state index in [1.54, 1.807) is 18.1 Å². The number of amidine groups is 2. The number of nitrogens with one attached hydrogen (secondary N) is 2. The van der Waals surface area contributed by atoms with Gasteiger partial charge < -0.3 is 21.3 Å². The van der Waals surface area contributed by atoms with Crippen LogP contribution in [0.2, 0.25) is 0 Å². The fourth-order valence-corrected chi connectivity index (χ4v) is 4.84. The summed E-state index contributed by atoms with van der Waals surface area (Å²) in [6, 6.07) is 12.5. The van der Waals surface area contributed by atoms with E-state index in [0.717, 1.165) is 34.5 Å². The van der Waals surface area contributed by atoms with Crippen molar-refractivity contribution in [2.45, 2.75) is 53.1 Å². The number of nitrogens with two attached hydrogens (primary N) is 1. The highest BCUT2D eigenvalue weighted by Gasteiger charge is 2.34. The second-order valence-electron chi connectivity index (χ2n) is 9.84. The molecule has 8 heteroatoms. The fraction of sp³-hybridized carbons (Fsp3) is 0.370. The molecule has 4 N–H and O–H groups in total. The number of anilines is 2. The number of amides is 1. The zero-order chi connectivity index (χ0) is 25.3. The molecule has 0 radical (unpaired) electrons. The Hall–Kier alpha value is -3.81. The number of hydrazone groups is 1. The fourth-order valence-electron chi connectivity index (χ4n) is 4.84. The van der Waals surface area contributed by atoms with E-state index in [-0.39, 0.29) is 11.4 Å². The Balaban J connectivity index is 1.46. The summed E-state index contributed by atoms with van der Waals surface area (Å²) in [6.45, 7) is 11.0. The lowest BCUT2D eigenvalue weighted by Crippen LogP contribution is -2.50. The number of likely N-dealkylation sites (N-methyl/N-ethyl adjacent to an activating group) is 1. The van der Waals surface area contributed by atoms with E-state index < -0.39 is 0 Å². The summed E-state index contributed by atoms with van der Waals surface area (Å²) in [5.41, 5.74) is 13.3. The first-order chi connectivity index (χ1) is 16.6. The summed E-state index contributed by atoms with van der Waals surface area (Å²) in [4.78, 5) is 18.8. The Kier molecular flexibility index (Phi) is 6.56. The number of benzene rings is 2. The molecule has 0 unspecified atom stereocenters. The van der Waals surface area contributed by atoms with Gasteiger partial charge in [-0.3, -0.25) is 4.79 Å². The molecule has 2 heterocycles. The molecule has 2 aliphatic heterocycles. The molecule has 0 spiro atoms. The van der Waals surface area contributed by atoms with Crippen LogP contribution in [-0.2, 0) is 17.8 Å². The van der Waals surface area contributed by atoms with Gasteiger partial charge in [0.1, 0.15) is 6.67 Å². The van der Waals surface area contributed by atoms with E-state index in [0.29, 0.717) is 24.9 Å². The van der Waals surface area contributed by atoms with Gasteiger partial charge in [-0.05, 0) is 68.5 Å². The number of carbonyl (C=O) groups excluding carboxylic acids is 1. The third-order valence-electron chi connectivity index (χ3n) is 6.72. The van der Waals surface area contributed by atoms with Gasteiger partial charge in [-0.25, -0.2) is 10.0 Å². The summed E-state index contributed by atoms with van der Waals surface area (Å²) < 4.78 is 0. The van der Waals surface area contributed by atoms with Crippen molar-refractivity contribution in [3.8, 4) is 0 Å². The third-order valence-corrected chi connectivity index (χ3v) is 6.72. The molecule has 0 aromatic heterocycles. The van der Waals surface area contributed by atoms with Gasteiger partial charge in [-0.15, -0.1) is 0 Å². The molecule has 0 aliphatic carbocycles. The SMILES string of the molecule is CC(=O)N1Cc2cc(NC/N=C3\C(=C/N)C(Nc4c(C)cccc4C)=NN3C)ccc2CC1(C)C. The molecule has 0 saturated carbocycles. The predicted molar refractivity (Wildman–Crippen MR) is 143 cm³/mol. The summed E-state index contributed by atoms with van der Waals surface area (Å²) in [6.07, 6.45) is 2.38. The standard InChI is InChI=1S/C27H35N7O/c1-17-8-7-9-18(2)24(17)31-25-23(14-28)26(33(6)32-25)30-16-29-22-11-10-20-13-27(4,5)34(19(3)35)15-21(20)12-22/h7-12,14,29H,13,15-16,28H2,1-6H3,(H,31,32)/b23-14-,30-26+.